The number of aromatic nitrogens is 2. The van der Waals surface area contributed by atoms with Gasteiger partial charge in [0.25, 0.3) is 0 Å². The minimum absolute atomic E-state index is 0.881. The highest BCUT2D eigenvalue weighted by Crippen LogP contribution is 2.36. The summed E-state index contributed by atoms with van der Waals surface area (Å²) in [5, 5.41) is 5.98. The van der Waals surface area contributed by atoms with Gasteiger partial charge in [-0.05, 0) is 69.6 Å². The van der Waals surface area contributed by atoms with E-state index in [0.717, 1.165) is 24.5 Å². The van der Waals surface area contributed by atoms with Gasteiger partial charge >= 0.3 is 0 Å². The second-order valence-electron chi connectivity index (χ2n) is 7.28. The Morgan fingerprint density at radius 1 is 1.23 bits per heavy atom. The number of nitrogens with zero attached hydrogens (tertiary/aromatic N) is 3. The van der Waals surface area contributed by atoms with Crippen LogP contribution >= 0.6 is 0 Å². The van der Waals surface area contributed by atoms with Gasteiger partial charge in [0.2, 0.25) is 0 Å². The summed E-state index contributed by atoms with van der Waals surface area (Å²) in [7, 11) is 3.84. The number of pyridine rings is 1. The summed E-state index contributed by atoms with van der Waals surface area (Å²) in [5.74, 6) is 1.86. The van der Waals surface area contributed by atoms with E-state index in [1.165, 1.54) is 59.8 Å². The van der Waals surface area contributed by atoms with Crippen molar-refractivity contribution in [3.8, 4) is 5.75 Å². The predicted octanol–water partition coefficient (Wildman–Crippen LogP) is 3.94. The Morgan fingerprint density at radius 3 is 2.81 bits per heavy atom. The molecular weight excluding hydrogens is 324 g/mol. The van der Waals surface area contributed by atoms with Gasteiger partial charge in [-0.15, -0.1) is 0 Å². The number of methoxy groups -OCH3 is 1. The van der Waals surface area contributed by atoms with Crippen LogP contribution in [-0.4, -0.2) is 47.7 Å². The number of hydrogen-bond donors (Lipinski definition) is 1. The van der Waals surface area contributed by atoms with Crippen molar-refractivity contribution >= 4 is 27.6 Å². The molecule has 4 rings (SSSR count). The van der Waals surface area contributed by atoms with Crippen LogP contribution in [0.15, 0.2) is 24.4 Å². The van der Waals surface area contributed by atoms with Gasteiger partial charge in [-0.3, -0.25) is 0 Å². The molecule has 0 unspecified atom stereocenters. The fourth-order valence-corrected chi connectivity index (χ4v) is 4.19. The van der Waals surface area contributed by atoms with Crippen molar-refractivity contribution < 1.29 is 4.74 Å². The SMILES string of the molecule is COc1ccc2c(c1)c1c(NCCCN3CCCC3)ncc(C)c1n2C. The van der Waals surface area contributed by atoms with Crippen LogP contribution in [0.5, 0.6) is 5.75 Å². The summed E-state index contributed by atoms with van der Waals surface area (Å²) in [6.07, 6.45) is 5.82. The molecule has 1 N–H and O–H groups in total. The molecule has 26 heavy (non-hydrogen) atoms. The Bertz CT molecular complexity index is 925. The molecule has 0 atom stereocenters. The largest absolute Gasteiger partial charge is 0.497 e. The maximum Gasteiger partial charge on any atom is 0.136 e. The lowest BCUT2D eigenvalue weighted by Crippen LogP contribution is -2.22. The number of fused-ring (bicyclic) bond motifs is 3. The standard InChI is InChI=1S/C21H28N4O/c1-15-14-23-21(22-9-6-12-25-10-4-5-11-25)19-17-13-16(26-3)7-8-18(17)24(2)20(15)19/h7-8,13-14H,4-6,9-12H2,1-3H3,(H,22,23). The third-order valence-corrected chi connectivity index (χ3v) is 5.55. The molecule has 1 aliphatic heterocycles. The second kappa shape index (κ2) is 7.16. The Balaban J connectivity index is 1.65. The summed E-state index contributed by atoms with van der Waals surface area (Å²) in [6, 6.07) is 6.27. The zero-order chi connectivity index (χ0) is 18.1. The van der Waals surface area contributed by atoms with Gasteiger partial charge in [0.05, 0.1) is 18.0 Å². The Morgan fingerprint density at radius 2 is 2.04 bits per heavy atom. The molecule has 2 aromatic heterocycles. The molecule has 1 aliphatic rings. The quantitative estimate of drug-likeness (QED) is 0.682. The van der Waals surface area contributed by atoms with Gasteiger partial charge in [0, 0.05) is 30.7 Å². The van der Waals surface area contributed by atoms with Gasteiger partial charge in [-0.1, -0.05) is 0 Å². The third kappa shape index (κ3) is 3.01. The number of aryl methyl sites for hydroxylation is 2. The Hall–Kier alpha value is -2.27. The average molecular weight is 352 g/mol. The number of hydrogen-bond acceptors (Lipinski definition) is 4. The molecule has 3 heterocycles. The minimum atomic E-state index is 0.881. The van der Waals surface area contributed by atoms with Crippen LogP contribution in [0.2, 0.25) is 0 Å². The van der Waals surface area contributed by atoms with E-state index < -0.39 is 0 Å². The van der Waals surface area contributed by atoms with Crippen molar-refractivity contribution in [1.29, 1.82) is 0 Å². The molecule has 0 radical (unpaired) electrons. The van der Waals surface area contributed by atoms with E-state index >= 15 is 0 Å². The first kappa shape index (κ1) is 17.2. The molecule has 3 aromatic rings. The normalized spacial score (nSPS) is 15.2. The molecule has 0 saturated carbocycles. The molecule has 0 amide bonds. The summed E-state index contributed by atoms with van der Waals surface area (Å²) < 4.78 is 7.71. The monoisotopic (exact) mass is 352 g/mol. The fraction of sp³-hybridized carbons (Fsp3) is 0.476. The van der Waals surface area contributed by atoms with E-state index in [9.17, 15) is 0 Å². The summed E-state index contributed by atoms with van der Waals surface area (Å²) in [4.78, 5) is 7.27. The summed E-state index contributed by atoms with van der Waals surface area (Å²) >= 11 is 0. The molecule has 0 spiro atoms. The maximum absolute atomic E-state index is 5.45. The average Bonchev–Trinajstić information content (AvgIpc) is 3.27. The van der Waals surface area contributed by atoms with Gasteiger partial charge in [0.15, 0.2) is 0 Å². The number of anilines is 1. The van der Waals surface area contributed by atoms with Gasteiger partial charge in [-0.2, -0.15) is 0 Å². The molecule has 0 aliphatic carbocycles. The van der Waals surface area contributed by atoms with E-state index in [0.29, 0.717) is 0 Å². The zero-order valence-electron chi connectivity index (χ0n) is 16.0. The lowest BCUT2D eigenvalue weighted by molar-refractivity contribution is 0.337. The first-order chi connectivity index (χ1) is 12.7. The van der Waals surface area contributed by atoms with Crippen molar-refractivity contribution in [2.24, 2.45) is 7.05 Å². The zero-order valence-corrected chi connectivity index (χ0v) is 16.0. The van der Waals surface area contributed by atoms with Crippen LogP contribution in [0, 0.1) is 6.92 Å². The highest BCUT2D eigenvalue weighted by Gasteiger charge is 2.16. The smallest absolute Gasteiger partial charge is 0.136 e. The van der Waals surface area contributed by atoms with Crippen LogP contribution in [-0.2, 0) is 7.05 Å². The highest BCUT2D eigenvalue weighted by atomic mass is 16.5. The number of likely N-dealkylation sites (tertiary alicyclic amines) is 1. The number of rotatable bonds is 6. The summed E-state index contributed by atoms with van der Waals surface area (Å²) in [5.41, 5.74) is 3.64. The topological polar surface area (TPSA) is 42.3 Å². The van der Waals surface area contributed by atoms with E-state index in [1.54, 1.807) is 7.11 Å². The van der Waals surface area contributed by atoms with Crippen LogP contribution < -0.4 is 10.1 Å². The maximum atomic E-state index is 5.45. The van der Waals surface area contributed by atoms with Gasteiger partial charge < -0.3 is 19.5 Å². The lowest BCUT2D eigenvalue weighted by Gasteiger charge is -2.15. The second-order valence-corrected chi connectivity index (χ2v) is 7.28. The molecule has 138 valence electrons. The highest BCUT2D eigenvalue weighted by molar-refractivity contribution is 6.14. The first-order valence-electron chi connectivity index (χ1n) is 9.57. The van der Waals surface area contributed by atoms with Crippen molar-refractivity contribution in [2.45, 2.75) is 26.2 Å². The van der Waals surface area contributed by atoms with E-state index in [1.807, 2.05) is 12.3 Å². The molecule has 1 fully saturated rings. The van der Waals surface area contributed by atoms with Crippen LogP contribution in [0.4, 0.5) is 5.82 Å². The van der Waals surface area contributed by atoms with Gasteiger partial charge in [-0.25, -0.2) is 4.98 Å². The Labute approximate surface area is 155 Å². The molecular formula is C21H28N4O. The predicted molar refractivity (Wildman–Crippen MR) is 108 cm³/mol. The van der Waals surface area contributed by atoms with Crippen molar-refractivity contribution in [3.63, 3.8) is 0 Å². The van der Waals surface area contributed by atoms with Gasteiger partial charge in [0.1, 0.15) is 11.6 Å². The molecule has 0 bridgehead atoms. The number of nitrogens with one attached hydrogen (secondary N) is 1. The molecule has 1 saturated heterocycles. The van der Waals surface area contributed by atoms with Crippen molar-refractivity contribution in [1.82, 2.24) is 14.5 Å². The van der Waals surface area contributed by atoms with E-state index in [2.05, 4.69) is 40.9 Å². The van der Waals surface area contributed by atoms with Crippen LogP contribution in [0.1, 0.15) is 24.8 Å². The van der Waals surface area contributed by atoms with Crippen LogP contribution in [0.3, 0.4) is 0 Å². The Kier molecular flexibility index (Phi) is 4.72. The number of benzene rings is 1. The third-order valence-electron chi connectivity index (χ3n) is 5.55. The van der Waals surface area contributed by atoms with Crippen molar-refractivity contribution in [2.75, 3.05) is 38.6 Å². The summed E-state index contributed by atoms with van der Waals surface area (Å²) in [6.45, 7) is 6.77. The lowest BCUT2D eigenvalue weighted by atomic mass is 10.1. The van der Waals surface area contributed by atoms with Crippen LogP contribution in [0.25, 0.3) is 21.8 Å². The van der Waals surface area contributed by atoms with E-state index in [4.69, 9.17) is 9.72 Å². The van der Waals surface area contributed by atoms with E-state index in [-0.39, 0.29) is 0 Å². The minimum Gasteiger partial charge on any atom is -0.497 e. The molecule has 5 nitrogen and oxygen atoms in total. The first-order valence-corrected chi connectivity index (χ1v) is 9.57. The molecule has 1 aromatic carbocycles. The van der Waals surface area contributed by atoms with Crippen molar-refractivity contribution in [3.05, 3.63) is 30.0 Å². The number of ether oxygens (including phenoxy) is 1. The molecule has 5 heteroatoms. The fourth-order valence-electron chi connectivity index (χ4n) is 4.19.